The van der Waals surface area contributed by atoms with Crippen molar-refractivity contribution in [1.29, 1.82) is 0 Å². The Morgan fingerprint density at radius 2 is 2.44 bits per heavy atom. The lowest BCUT2D eigenvalue weighted by Gasteiger charge is -2.11. The van der Waals surface area contributed by atoms with Gasteiger partial charge in [-0.2, -0.15) is 0 Å². The molecule has 0 bridgehead atoms. The summed E-state index contributed by atoms with van der Waals surface area (Å²) in [6.45, 7) is 2.50. The number of rotatable bonds is 6. The van der Waals surface area contributed by atoms with Crippen LogP contribution in [0, 0.1) is 5.92 Å². The van der Waals surface area contributed by atoms with Crippen LogP contribution in [0.5, 0.6) is 5.88 Å². The van der Waals surface area contributed by atoms with Crippen molar-refractivity contribution >= 4 is 11.7 Å². The lowest BCUT2D eigenvalue weighted by atomic mass is 10.1. The first-order chi connectivity index (χ1) is 7.61. The summed E-state index contributed by atoms with van der Waals surface area (Å²) in [5.41, 5.74) is 0.879. The molecule has 0 aliphatic rings. The third kappa shape index (κ3) is 4.16. The van der Waals surface area contributed by atoms with E-state index in [0.717, 1.165) is 5.69 Å². The molecule has 1 unspecified atom stereocenters. The lowest BCUT2D eigenvalue weighted by Crippen LogP contribution is -2.14. The summed E-state index contributed by atoms with van der Waals surface area (Å²) >= 11 is 0. The molecule has 0 aromatic carbocycles. The van der Waals surface area contributed by atoms with Gasteiger partial charge in [0, 0.05) is 30.9 Å². The molecular formula is C11H16N2O3. The van der Waals surface area contributed by atoms with E-state index in [0.29, 0.717) is 12.4 Å². The van der Waals surface area contributed by atoms with Gasteiger partial charge in [-0.1, -0.05) is 6.92 Å². The fraction of sp³-hybridized carbons (Fsp3) is 0.455. The fourth-order valence-electron chi connectivity index (χ4n) is 1.29. The van der Waals surface area contributed by atoms with E-state index in [-0.39, 0.29) is 12.3 Å². The lowest BCUT2D eigenvalue weighted by molar-refractivity contribution is -0.137. The average Bonchev–Trinajstić information content (AvgIpc) is 2.26. The van der Waals surface area contributed by atoms with Crippen LogP contribution >= 0.6 is 0 Å². The topological polar surface area (TPSA) is 71.5 Å². The van der Waals surface area contributed by atoms with Crippen LogP contribution in [0.3, 0.4) is 0 Å². The molecule has 0 spiro atoms. The standard InChI is InChI=1S/C11H16N2O3/c1-8(5-11(14)15)7-13-9-3-4-12-10(6-9)16-2/h3-4,6,8H,5,7H2,1-2H3,(H,12,13)(H,14,15). The quantitative estimate of drug-likeness (QED) is 0.768. The number of hydrogen-bond donors (Lipinski definition) is 2. The van der Waals surface area contributed by atoms with Crippen molar-refractivity contribution in [2.75, 3.05) is 19.0 Å². The van der Waals surface area contributed by atoms with Gasteiger partial charge in [0.1, 0.15) is 0 Å². The predicted molar refractivity (Wildman–Crippen MR) is 60.7 cm³/mol. The molecule has 88 valence electrons. The summed E-state index contributed by atoms with van der Waals surface area (Å²) in [4.78, 5) is 14.4. The molecule has 0 saturated carbocycles. The molecule has 1 atom stereocenters. The van der Waals surface area contributed by atoms with Crippen LogP contribution in [0.4, 0.5) is 5.69 Å². The van der Waals surface area contributed by atoms with E-state index in [1.807, 2.05) is 13.0 Å². The average molecular weight is 224 g/mol. The number of aromatic nitrogens is 1. The number of ether oxygens (including phenoxy) is 1. The molecule has 1 rings (SSSR count). The minimum absolute atomic E-state index is 0.0802. The highest BCUT2D eigenvalue weighted by Gasteiger charge is 2.07. The van der Waals surface area contributed by atoms with Crippen LogP contribution in [-0.2, 0) is 4.79 Å². The summed E-state index contributed by atoms with van der Waals surface area (Å²) < 4.78 is 4.98. The Kier molecular flexibility index (Phi) is 4.57. The number of anilines is 1. The molecule has 1 aromatic heterocycles. The first kappa shape index (κ1) is 12.3. The van der Waals surface area contributed by atoms with Crippen LogP contribution in [0.1, 0.15) is 13.3 Å². The number of hydrogen-bond acceptors (Lipinski definition) is 4. The molecule has 0 aliphatic carbocycles. The minimum atomic E-state index is -0.776. The molecule has 1 heterocycles. The molecule has 0 saturated heterocycles. The number of carbonyl (C=O) groups is 1. The number of carboxylic acid groups (broad SMARTS) is 1. The van der Waals surface area contributed by atoms with Crippen molar-refractivity contribution in [3.05, 3.63) is 18.3 Å². The maximum absolute atomic E-state index is 10.5. The molecule has 5 nitrogen and oxygen atoms in total. The number of methoxy groups -OCH3 is 1. The van der Waals surface area contributed by atoms with Gasteiger partial charge in [0.25, 0.3) is 0 Å². The van der Waals surface area contributed by atoms with Crippen LogP contribution in [-0.4, -0.2) is 29.7 Å². The van der Waals surface area contributed by atoms with Crippen molar-refractivity contribution in [2.45, 2.75) is 13.3 Å². The van der Waals surface area contributed by atoms with Gasteiger partial charge in [-0.3, -0.25) is 4.79 Å². The fourth-order valence-corrected chi connectivity index (χ4v) is 1.29. The summed E-state index contributed by atoms with van der Waals surface area (Å²) in [7, 11) is 1.55. The zero-order chi connectivity index (χ0) is 12.0. The van der Waals surface area contributed by atoms with Crippen LogP contribution < -0.4 is 10.1 Å². The van der Waals surface area contributed by atoms with Gasteiger partial charge in [-0.15, -0.1) is 0 Å². The van der Waals surface area contributed by atoms with Gasteiger partial charge < -0.3 is 15.2 Å². The van der Waals surface area contributed by atoms with Crippen molar-refractivity contribution in [2.24, 2.45) is 5.92 Å². The van der Waals surface area contributed by atoms with Crippen molar-refractivity contribution in [3.8, 4) is 5.88 Å². The maximum Gasteiger partial charge on any atom is 0.303 e. The van der Waals surface area contributed by atoms with E-state index in [4.69, 9.17) is 9.84 Å². The van der Waals surface area contributed by atoms with E-state index in [1.165, 1.54) is 0 Å². The Morgan fingerprint density at radius 1 is 1.69 bits per heavy atom. The number of nitrogens with one attached hydrogen (secondary N) is 1. The Labute approximate surface area is 94.5 Å². The number of nitrogens with zero attached hydrogens (tertiary/aromatic N) is 1. The van der Waals surface area contributed by atoms with E-state index in [1.54, 1.807) is 19.4 Å². The van der Waals surface area contributed by atoms with Gasteiger partial charge >= 0.3 is 5.97 Å². The number of carboxylic acids is 1. The van der Waals surface area contributed by atoms with E-state index in [9.17, 15) is 4.79 Å². The first-order valence-corrected chi connectivity index (χ1v) is 5.07. The molecule has 1 aromatic rings. The monoisotopic (exact) mass is 224 g/mol. The largest absolute Gasteiger partial charge is 0.481 e. The van der Waals surface area contributed by atoms with E-state index in [2.05, 4.69) is 10.3 Å². The molecule has 0 radical (unpaired) electrons. The molecule has 2 N–H and O–H groups in total. The second kappa shape index (κ2) is 5.95. The zero-order valence-corrected chi connectivity index (χ0v) is 9.43. The van der Waals surface area contributed by atoms with Gasteiger partial charge in [-0.05, 0) is 12.0 Å². The highest BCUT2D eigenvalue weighted by molar-refractivity contribution is 5.67. The van der Waals surface area contributed by atoms with Crippen molar-refractivity contribution in [3.63, 3.8) is 0 Å². The molecule has 0 aliphatic heterocycles. The van der Waals surface area contributed by atoms with Gasteiger partial charge in [0.2, 0.25) is 5.88 Å². The molecular weight excluding hydrogens is 208 g/mol. The number of pyridine rings is 1. The predicted octanol–water partition coefficient (Wildman–Crippen LogP) is 1.61. The number of aliphatic carboxylic acids is 1. The van der Waals surface area contributed by atoms with E-state index >= 15 is 0 Å². The molecule has 5 heteroatoms. The second-order valence-corrected chi connectivity index (χ2v) is 3.67. The zero-order valence-electron chi connectivity index (χ0n) is 9.43. The summed E-state index contributed by atoms with van der Waals surface area (Å²) in [6, 6.07) is 3.59. The second-order valence-electron chi connectivity index (χ2n) is 3.67. The van der Waals surface area contributed by atoms with Crippen LogP contribution in [0.25, 0.3) is 0 Å². The molecule has 0 fully saturated rings. The summed E-state index contributed by atoms with van der Waals surface area (Å²) in [5.74, 6) is -0.158. The third-order valence-corrected chi connectivity index (χ3v) is 2.12. The minimum Gasteiger partial charge on any atom is -0.481 e. The van der Waals surface area contributed by atoms with Crippen molar-refractivity contribution in [1.82, 2.24) is 4.98 Å². The van der Waals surface area contributed by atoms with Gasteiger partial charge in [-0.25, -0.2) is 4.98 Å². The summed E-state index contributed by atoms with van der Waals surface area (Å²) in [5, 5.41) is 11.7. The highest BCUT2D eigenvalue weighted by atomic mass is 16.5. The Morgan fingerprint density at radius 3 is 3.06 bits per heavy atom. The maximum atomic E-state index is 10.5. The SMILES string of the molecule is COc1cc(NCC(C)CC(=O)O)ccn1. The van der Waals surface area contributed by atoms with Crippen LogP contribution in [0.15, 0.2) is 18.3 Å². The normalized spacial score (nSPS) is 11.9. The Balaban J connectivity index is 2.44. The van der Waals surface area contributed by atoms with Gasteiger partial charge in [0.15, 0.2) is 0 Å². The first-order valence-electron chi connectivity index (χ1n) is 5.07. The highest BCUT2D eigenvalue weighted by Crippen LogP contribution is 2.14. The van der Waals surface area contributed by atoms with Crippen LogP contribution in [0.2, 0.25) is 0 Å². The smallest absolute Gasteiger partial charge is 0.303 e. The van der Waals surface area contributed by atoms with Crippen molar-refractivity contribution < 1.29 is 14.6 Å². The summed E-state index contributed by atoms with van der Waals surface area (Å²) in [6.07, 6.45) is 1.80. The Bertz CT molecular complexity index is 355. The van der Waals surface area contributed by atoms with Gasteiger partial charge in [0.05, 0.1) is 7.11 Å². The Hall–Kier alpha value is -1.78. The molecule has 16 heavy (non-hydrogen) atoms. The van der Waals surface area contributed by atoms with E-state index < -0.39 is 5.97 Å². The molecule has 0 amide bonds. The third-order valence-electron chi connectivity index (χ3n) is 2.12.